The van der Waals surface area contributed by atoms with Gasteiger partial charge in [-0.2, -0.15) is 0 Å². The number of halogens is 2. The summed E-state index contributed by atoms with van der Waals surface area (Å²) >= 11 is 0. The molecule has 86 valence electrons. The topological polar surface area (TPSA) is 24.5 Å². The molecule has 0 heterocycles. The lowest BCUT2D eigenvalue weighted by Gasteiger charge is -2.24. The molecule has 0 rings (SSSR count). The summed E-state index contributed by atoms with van der Waals surface area (Å²) in [5, 5.41) is 3.13. The average Bonchev–Trinajstić information content (AvgIpc) is 2.11. The van der Waals surface area contributed by atoms with Gasteiger partial charge in [0.2, 0.25) is 0 Å². The second kappa shape index (κ2) is 8.08. The Morgan fingerprint density at radius 3 is 2.57 bits per heavy atom. The van der Waals surface area contributed by atoms with Gasteiger partial charge in [0.25, 0.3) is 6.43 Å². The zero-order valence-electron chi connectivity index (χ0n) is 9.09. The molecule has 0 aliphatic heterocycles. The third-order valence-corrected chi connectivity index (χ3v) is 2.10. The highest BCUT2D eigenvalue weighted by molar-refractivity contribution is 4.66. The summed E-state index contributed by atoms with van der Waals surface area (Å²) in [6, 6.07) is 0.112. The van der Waals surface area contributed by atoms with Gasteiger partial charge in [-0.15, -0.1) is 0 Å². The Bertz CT molecular complexity index is 136. The van der Waals surface area contributed by atoms with Crippen LogP contribution in [0, 0.1) is 0 Å². The average molecular weight is 210 g/mol. The van der Waals surface area contributed by atoms with E-state index in [0.717, 1.165) is 6.54 Å². The lowest BCUT2D eigenvalue weighted by Crippen LogP contribution is -2.40. The molecule has 0 saturated carbocycles. The molecule has 0 bridgehead atoms. The lowest BCUT2D eigenvalue weighted by atomic mass is 10.3. The standard InChI is InChI=1S/C9H20F2N2O/c1-8(6-12-4-5-14-3)13(2)7-9(10)11/h8-9,12H,4-7H2,1-3H3. The lowest BCUT2D eigenvalue weighted by molar-refractivity contribution is 0.0835. The van der Waals surface area contributed by atoms with Gasteiger partial charge in [0.1, 0.15) is 0 Å². The Balaban J connectivity index is 3.46. The first-order valence-electron chi connectivity index (χ1n) is 4.76. The van der Waals surface area contributed by atoms with Crippen molar-refractivity contribution in [3.63, 3.8) is 0 Å². The first-order chi connectivity index (χ1) is 6.57. The molecule has 0 aliphatic rings. The molecule has 0 aromatic heterocycles. The number of ether oxygens (including phenoxy) is 1. The van der Waals surface area contributed by atoms with Crippen LogP contribution in [0.1, 0.15) is 6.92 Å². The fourth-order valence-electron chi connectivity index (χ4n) is 1.04. The van der Waals surface area contributed by atoms with Crippen molar-refractivity contribution in [1.82, 2.24) is 10.2 Å². The highest BCUT2D eigenvalue weighted by atomic mass is 19.3. The van der Waals surface area contributed by atoms with E-state index in [0.29, 0.717) is 13.2 Å². The number of nitrogens with zero attached hydrogens (tertiary/aromatic N) is 1. The molecule has 0 aromatic rings. The maximum Gasteiger partial charge on any atom is 0.251 e. The highest BCUT2D eigenvalue weighted by Gasteiger charge is 2.13. The van der Waals surface area contributed by atoms with E-state index < -0.39 is 6.43 Å². The predicted molar refractivity (Wildman–Crippen MR) is 52.8 cm³/mol. The second-order valence-electron chi connectivity index (χ2n) is 3.38. The van der Waals surface area contributed by atoms with Gasteiger partial charge in [0, 0.05) is 26.2 Å². The van der Waals surface area contributed by atoms with Crippen LogP contribution in [0.15, 0.2) is 0 Å². The Labute approximate surface area is 84.4 Å². The van der Waals surface area contributed by atoms with Crippen LogP contribution < -0.4 is 5.32 Å². The SMILES string of the molecule is COCCNCC(C)N(C)CC(F)F. The summed E-state index contributed by atoms with van der Waals surface area (Å²) in [7, 11) is 3.34. The van der Waals surface area contributed by atoms with Crippen molar-refractivity contribution >= 4 is 0 Å². The van der Waals surface area contributed by atoms with E-state index in [1.165, 1.54) is 0 Å². The summed E-state index contributed by atoms with van der Waals surface area (Å²) in [6.45, 7) is 3.84. The predicted octanol–water partition coefficient (Wildman–Crippen LogP) is 0.808. The van der Waals surface area contributed by atoms with Crippen LogP contribution >= 0.6 is 0 Å². The molecule has 1 atom stereocenters. The number of hydrogen-bond acceptors (Lipinski definition) is 3. The van der Waals surface area contributed by atoms with Crippen LogP contribution in [-0.4, -0.2) is 57.8 Å². The third kappa shape index (κ3) is 7.17. The highest BCUT2D eigenvalue weighted by Crippen LogP contribution is 1.99. The zero-order valence-corrected chi connectivity index (χ0v) is 9.09. The van der Waals surface area contributed by atoms with Crippen LogP contribution in [0.3, 0.4) is 0 Å². The monoisotopic (exact) mass is 210 g/mol. The molecule has 0 fully saturated rings. The molecular weight excluding hydrogens is 190 g/mol. The number of nitrogens with one attached hydrogen (secondary N) is 1. The van der Waals surface area contributed by atoms with Gasteiger partial charge >= 0.3 is 0 Å². The summed E-state index contributed by atoms with van der Waals surface area (Å²) in [4.78, 5) is 1.64. The van der Waals surface area contributed by atoms with Gasteiger partial charge in [0.05, 0.1) is 13.2 Å². The van der Waals surface area contributed by atoms with Gasteiger partial charge in [-0.05, 0) is 14.0 Å². The molecule has 0 aliphatic carbocycles. The van der Waals surface area contributed by atoms with Crippen LogP contribution in [0.25, 0.3) is 0 Å². The molecule has 5 heteroatoms. The van der Waals surface area contributed by atoms with E-state index in [2.05, 4.69) is 5.32 Å². The van der Waals surface area contributed by atoms with Crippen molar-refractivity contribution in [1.29, 1.82) is 0 Å². The van der Waals surface area contributed by atoms with E-state index in [9.17, 15) is 8.78 Å². The summed E-state index contributed by atoms with van der Waals surface area (Å²) in [5.74, 6) is 0. The molecule has 0 spiro atoms. The van der Waals surface area contributed by atoms with Crippen molar-refractivity contribution < 1.29 is 13.5 Å². The van der Waals surface area contributed by atoms with E-state index in [1.54, 1.807) is 19.1 Å². The fraction of sp³-hybridized carbons (Fsp3) is 1.00. The molecule has 0 amide bonds. The first-order valence-corrected chi connectivity index (χ1v) is 4.76. The van der Waals surface area contributed by atoms with E-state index >= 15 is 0 Å². The van der Waals surface area contributed by atoms with Gasteiger partial charge < -0.3 is 10.1 Å². The minimum Gasteiger partial charge on any atom is -0.383 e. The first kappa shape index (κ1) is 13.7. The number of likely N-dealkylation sites (N-methyl/N-ethyl adjacent to an activating group) is 1. The normalized spacial score (nSPS) is 13.9. The minimum absolute atomic E-state index is 0.112. The van der Waals surface area contributed by atoms with Crippen molar-refractivity contribution in [2.24, 2.45) is 0 Å². The molecule has 0 aromatic carbocycles. The molecule has 1 N–H and O–H groups in total. The number of alkyl halides is 2. The van der Waals surface area contributed by atoms with Gasteiger partial charge in [-0.3, -0.25) is 4.90 Å². The maximum absolute atomic E-state index is 12.0. The van der Waals surface area contributed by atoms with Crippen molar-refractivity contribution in [2.45, 2.75) is 19.4 Å². The fourth-order valence-corrected chi connectivity index (χ4v) is 1.04. The van der Waals surface area contributed by atoms with Crippen LogP contribution in [0.5, 0.6) is 0 Å². The van der Waals surface area contributed by atoms with E-state index in [-0.39, 0.29) is 12.6 Å². The second-order valence-corrected chi connectivity index (χ2v) is 3.38. The summed E-state index contributed by atoms with van der Waals surface area (Å²) in [6.07, 6.45) is -2.26. The Kier molecular flexibility index (Phi) is 7.93. The van der Waals surface area contributed by atoms with E-state index in [1.807, 2.05) is 6.92 Å². The molecule has 14 heavy (non-hydrogen) atoms. The Hall–Kier alpha value is -0.260. The largest absolute Gasteiger partial charge is 0.383 e. The Morgan fingerprint density at radius 2 is 2.07 bits per heavy atom. The molecule has 0 saturated heterocycles. The van der Waals surface area contributed by atoms with Crippen molar-refractivity contribution in [3.8, 4) is 0 Å². The van der Waals surface area contributed by atoms with Crippen molar-refractivity contribution in [3.05, 3.63) is 0 Å². The van der Waals surface area contributed by atoms with Gasteiger partial charge in [0.15, 0.2) is 0 Å². The summed E-state index contributed by atoms with van der Waals surface area (Å²) in [5.41, 5.74) is 0. The number of rotatable bonds is 8. The van der Waals surface area contributed by atoms with Gasteiger partial charge in [-0.25, -0.2) is 8.78 Å². The number of hydrogen-bond donors (Lipinski definition) is 1. The molecular formula is C9H20F2N2O. The van der Waals surface area contributed by atoms with Crippen LogP contribution in [0.4, 0.5) is 8.78 Å². The van der Waals surface area contributed by atoms with E-state index in [4.69, 9.17) is 4.74 Å². The zero-order chi connectivity index (χ0) is 11.0. The maximum atomic E-state index is 12.0. The molecule has 0 radical (unpaired) electrons. The quantitative estimate of drug-likeness (QED) is 0.600. The summed E-state index contributed by atoms with van der Waals surface area (Å²) < 4.78 is 28.9. The molecule has 3 nitrogen and oxygen atoms in total. The van der Waals surface area contributed by atoms with Crippen LogP contribution in [-0.2, 0) is 4.74 Å². The third-order valence-electron chi connectivity index (χ3n) is 2.10. The minimum atomic E-state index is -2.26. The molecule has 1 unspecified atom stereocenters. The smallest absolute Gasteiger partial charge is 0.251 e. The van der Waals surface area contributed by atoms with Crippen molar-refractivity contribution in [2.75, 3.05) is 40.4 Å². The number of methoxy groups -OCH3 is 1. The van der Waals surface area contributed by atoms with Gasteiger partial charge in [-0.1, -0.05) is 0 Å². The van der Waals surface area contributed by atoms with Crippen LogP contribution in [0.2, 0.25) is 0 Å². The Morgan fingerprint density at radius 1 is 1.43 bits per heavy atom.